The highest BCUT2D eigenvalue weighted by Gasteiger charge is 2.18. The van der Waals surface area contributed by atoms with Gasteiger partial charge in [0, 0.05) is 39.8 Å². The van der Waals surface area contributed by atoms with E-state index in [0.717, 1.165) is 39.3 Å². The number of methoxy groups -OCH3 is 1. The molecule has 0 unspecified atom stereocenters. The van der Waals surface area contributed by atoms with E-state index in [1.54, 1.807) is 13.2 Å². The SMILES string of the molecule is COCCN1CCN(CC(=O)Nc2ccccc2Cl)CC1. The minimum Gasteiger partial charge on any atom is -0.383 e. The van der Waals surface area contributed by atoms with Crippen molar-refractivity contribution in [3.05, 3.63) is 29.3 Å². The highest BCUT2D eigenvalue weighted by atomic mass is 35.5. The van der Waals surface area contributed by atoms with E-state index >= 15 is 0 Å². The van der Waals surface area contributed by atoms with E-state index in [1.807, 2.05) is 18.2 Å². The summed E-state index contributed by atoms with van der Waals surface area (Å²) in [6.07, 6.45) is 0. The summed E-state index contributed by atoms with van der Waals surface area (Å²) in [5.41, 5.74) is 0.669. The monoisotopic (exact) mass is 311 g/mol. The maximum absolute atomic E-state index is 12.0. The second-order valence-electron chi connectivity index (χ2n) is 5.14. The molecule has 21 heavy (non-hydrogen) atoms. The average molecular weight is 312 g/mol. The van der Waals surface area contributed by atoms with Gasteiger partial charge in [0.15, 0.2) is 0 Å². The number of anilines is 1. The van der Waals surface area contributed by atoms with Crippen LogP contribution >= 0.6 is 11.6 Å². The lowest BCUT2D eigenvalue weighted by Crippen LogP contribution is -2.49. The fourth-order valence-corrected chi connectivity index (χ4v) is 2.53. The van der Waals surface area contributed by atoms with Crippen molar-refractivity contribution < 1.29 is 9.53 Å². The molecule has 0 aromatic heterocycles. The molecule has 5 nitrogen and oxygen atoms in total. The first-order valence-corrected chi connectivity index (χ1v) is 7.55. The largest absolute Gasteiger partial charge is 0.383 e. The maximum Gasteiger partial charge on any atom is 0.238 e. The number of halogens is 1. The number of hydrogen-bond donors (Lipinski definition) is 1. The molecule has 2 rings (SSSR count). The van der Waals surface area contributed by atoms with Gasteiger partial charge in [0.2, 0.25) is 5.91 Å². The van der Waals surface area contributed by atoms with Crippen molar-refractivity contribution >= 4 is 23.2 Å². The summed E-state index contributed by atoms with van der Waals surface area (Å²) < 4.78 is 5.08. The molecular weight excluding hydrogens is 290 g/mol. The Morgan fingerprint density at radius 1 is 1.24 bits per heavy atom. The van der Waals surface area contributed by atoms with E-state index in [2.05, 4.69) is 15.1 Å². The quantitative estimate of drug-likeness (QED) is 0.865. The number of rotatable bonds is 6. The van der Waals surface area contributed by atoms with Crippen LogP contribution in [0, 0.1) is 0 Å². The highest BCUT2D eigenvalue weighted by Crippen LogP contribution is 2.20. The Kier molecular flexibility index (Phi) is 6.45. The van der Waals surface area contributed by atoms with Crippen LogP contribution < -0.4 is 5.32 Å². The second kappa shape index (κ2) is 8.34. The van der Waals surface area contributed by atoms with E-state index in [0.29, 0.717) is 17.3 Å². The number of carbonyl (C=O) groups is 1. The van der Waals surface area contributed by atoms with Gasteiger partial charge in [-0.05, 0) is 12.1 Å². The van der Waals surface area contributed by atoms with Crippen LogP contribution in [0.15, 0.2) is 24.3 Å². The normalized spacial score (nSPS) is 16.9. The summed E-state index contributed by atoms with van der Waals surface area (Å²) in [5, 5.41) is 3.42. The number of nitrogens with one attached hydrogen (secondary N) is 1. The minimum absolute atomic E-state index is 0.0200. The molecule has 1 aliphatic heterocycles. The van der Waals surface area contributed by atoms with Gasteiger partial charge in [-0.3, -0.25) is 14.6 Å². The minimum atomic E-state index is -0.0200. The third kappa shape index (κ3) is 5.28. The molecular formula is C15H22ClN3O2. The first-order chi connectivity index (χ1) is 10.2. The lowest BCUT2D eigenvalue weighted by molar-refractivity contribution is -0.117. The lowest BCUT2D eigenvalue weighted by Gasteiger charge is -2.34. The number of carbonyl (C=O) groups excluding carboxylic acids is 1. The molecule has 116 valence electrons. The Labute approximate surface area is 130 Å². The Morgan fingerprint density at radius 2 is 1.90 bits per heavy atom. The highest BCUT2D eigenvalue weighted by molar-refractivity contribution is 6.33. The van der Waals surface area contributed by atoms with Crippen molar-refractivity contribution in [3.63, 3.8) is 0 Å². The van der Waals surface area contributed by atoms with E-state index in [9.17, 15) is 4.79 Å². The van der Waals surface area contributed by atoms with Crippen LogP contribution in [0.4, 0.5) is 5.69 Å². The fourth-order valence-electron chi connectivity index (χ4n) is 2.35. The molecule has 0 radical (unpaired) electrons. The standard InChI is InChI=1S/C15H22ClN3O2/c1-21-11-10-18-6-8-19(9-7-18)12-15(20)17-14-5-3-2-4-13(14)16/h2-5H,6-12H2,1H3,(H,17,20). The summed E-state index contributed by atoms with van der Waals surface area (Å²) in [5.74, 6) is -0.0200. The number of para-hydroxylation sites is 1. The van der Waals surface area contributed by atoms with Crippen molar-refractivity contribution in [2.45, 2.75) is 0 Å². The first kappa shape index (κ1) is 16.2. The molecule has 0 spiro atoms. The zero-order valence-electron chi connectivity index (χ0n) is 12.3. The van der Waals surface area contributed by atoms with Crippen LogP contribution in [0.5, 0.6) is 0 Å². The summed E-state index contributed by atoms with van der Waals surface area (Å²) in [6, 6.07) is 7.28. The molecule has 6 heteroatoms. The van der Waals surface area contributed by atoms with Crippen molar-refractivity contribution in [2.24, 2.45) is 0 Å². The van der Waals surface area contributed by atoms with Crippen molar-refractivity contribution in [1.29, 1.82) is 0 Å². The topological polar surface area (TPSA) is 44.8 Å². The van der Waals surface area contributed by atoms with Gasteiger partial charge in [-0.25, -0.2) is 0 Å². The zero-order chi connectivity index (χ0) is 15.1. The van der Waals surface area contributed by atoms with E-state index < -0.39 is 0 Å². The smallest absolute Gasteiger partial charge is 0.238 e. The van der Waals surface area contributed by atoms with Gasteiger partial charge in [0.05, 0.1) is 23.9 Å². The van der Waals surface area contributed by atoms with Gasteiger partial charge in [-0.15, -0.1) is 0 Å². The molecule has 1 saturated heterocycles. The van der Waals surface area contributed by atoms with Crippen LogP contribution in [0.3, 0.4) is 0 Å². The molecule has 1 heterocycles. The molecule has 1 fully saturated rings. The summed E-state index contributed by atoms with van der Waals surface area (Å²) in [6.45, 7) is 5.87. The lowest BCUT2D eigenvalue weighted by atomic mass is 10.3. The third-order valence-corrected chi connectivity index (χ3v) is 3.92. The maximum atomic E-state index is 12.0. The van der Waals surface area contributed by atoms with E-state index in [-0.39, 0.29) is 5.91 Å². The van der Waals surface area contributed by atoms with Crippen molar-refractivity contribution in [3.8, 4) is 0 Å². The summed E-state index contributed by atoms with van der Waals surface area (Å²) in [4.78, 5) is 16.6. The van der Waals surface area contributed by atoms with Gasteiger partial charge in [-0.1, -0.05) is 23.7 Å². The van der Waals surface area contributed by atoms with Gasteiger partial charge in [0.25, 0.3) is 0 Å². The second-order valence-corrected chi connectivity index (χ2v) is 5.55. The Balaban J connectivity index is 1.73. The Hall–Kier alpha value is -1.14. The molecule has 1 N–H and O–H groups in total. The van der Waals surface area contributed by atoms with Gasteiger partial charge in [0.1, 0.15) is 0 Å². The number of piperazine rings is 1. The Morgan fingerprint density at radius 3 is 2.57 bits per heavy atom. The van der Waals surface area contributed by atoms with Crippen LogP contribution in [0.25, 0.3) is 0 Å². The summed E-state index contributed by atoms with van der Waals surface area (Å²) in [7, 11) is 1.72. The molecule has 0 saturated carbocycles. The van der Waals surface area contributed by atoms with Crippen LogP contribution in [-0.2, 0) is 9.53 Å². The number of hydrogen-bond acceptors (Lipinski definition) is 4. The predicted molar refractivity (Wildman–Crippen MR) is 84.8 cm³/mol. The number of nitrogens with zero attached hydrogens (tertiary/aromatic N) is 2. The van der Waals surface area contributed by atoms with Crippen LogP contribution in [0.1, 0.15) is 0 Å². The van der Waals surface area contributed by atoms with Crippen LogP contribution in [-0.4, -0.2) is 68.7 Å². The third-order valence-electron chi connectivity index (χ3n) is 3.59. The van der Waals surface area contributed by atoms with Gasteiger partial charge >= 0.3 is 0 Å². The molecule has 0 bridgehead atoms. The molecule has 1 amide bonds. The number of ether oxygens (including phenoxy) is 1. The molecule has 0 atom stereocenters. The molecule has 1 aromatic rings. The van der Waals surface area contributed by atoms with Gasteiger partial charge in [-0.2, -0.15) is 0 Å². The predicted octanol–water partition coefficient (Wildman–Crippen LogP) is 1.54. The van der Waals surface area contributed by atoms with E-state index in [4.69, 9.17) is 16.3 Å². The molecule has 1 aromatic carbocycles. The van der Waals surface area contributed by atoms with E-state index in [1.165, 1.54) is 0 Å². The van der Waals surface area contributed by atoms with Gasteiger partial charge < -0.3 is 10.1 Å². The molecule has 1 aliphatic rings. The van der Waals surface area contributed by atoms with Crippen molar-refractivity contribution in [2.75, 3.05) is 58.3 Å². The first-order valence-electron chi connectivity index (χ1n) is 7.17. The number of amides is 1. The molecule has 0 aliphatic carbocycles. The van der Waals surface area contributed by atoms with Crippen LogP contribution in [0.2, 0.25) is 5.02 Å². The number of benzene rings is 1. The Bertz CT molecular complexity index is 462. The average Bonchev–Trinajstić information content (AvgIpc) is 2.49. The summed E-state index contributed by atoms with van der Waals surface area (Å²) >= 11 is 6.03. The zero-order valence-corrected chi connectivity index (χ0v) is 13.1. The fraction of sp³-hybridized carbons (Fsp3) is 0.533. The van der Waals surface area contributed by atoms with Crippen molar-refractivity contribution in [1.82, 2.24) is 9.80 Å².